The van der Waals surface area contributed by atoms with Crippen LogP contribution in [-0.2, 0) is 4.74 Å². The van der Waals surface area contributed by atoms with E-state index in [2.05, 4.69) is 39.9 Å². The normalized spacial score (nSPS) is 13.7. The Morgan fingerprint density at radius 3 is 2.05 bits per heavy atom. The van der Waals surface area contributed by atoms with Crippen LogP contribution in [0.2, 0.25) is 0 Å². The van der Waals surface area contributed by atoms with Crippen molar-refractivity contribution in [3.05, 3.63) is 0 Å². The maximum Gasteiger partial charge on any atom is 0.0829 e. The van der Waals surface area contributed by atoms with E-state index in [0.29, 0.717) is 6.04 Å². The second-order valence-corrected chi connectivity index (χ2v) is 5.56. The zero-order valence-corrected chi connectivity index (χ0v) is 14.1. The van der Waals surface area contributed by atoms with E-state index >= 15 is 0 Å². The van der Waals surface area contributed by atoms with Crippen LogP contribution in [0.25, 0.3) is 0 Å². The van der Waals surface area contributed by atoms with Gasteiger partial charge in [0.2, 0.25) is 0 Å². The quantitative estimate of drug-likeness (QED) is 0.480. The molecule has 1 unspecified atom stereocenters. The predicted molar refractivity (Wildman–Crippen MR) is 85.8 cm³/mol. The smallest absolute Gasteiger partial charge is 0.0829 e. The van der Waals surface area contributed by atoms with Gasteiger partial charge in [-0.1, -0.05) is 53.4 Å². The highest BCUT2D eigenvalue weighted by Gasteiger charge is 2.35. The highest BCUT2D eigenvalue weighted by molar-refractivity contribution is 4.91. The third-order valence-corrected chi connectivity index (χ3v) is 4.25. The average Bonchev–Trinajstić information content (AvgIpc) is 2.44. The Morgan fingerprint density at radius 1 is 0.895 bits per heavy atom. The standard InChI is InChI=1S/C17H37NO/c1-6-11-12-13-14-16(18-15-7-2)17(8-3,9-4)19-10-5/h16,18H,6-15H2,1-5H3. The lowest BCUT2D eigenvalue weighted by Gasteiger charge is -2.40. The fraction of sp³-hybridized carbons (Fsp3) is 1.00. The van der Waals surface area contributed by atoms with Crippen molar-refractivity contribution in [1.82, 2.24) is 5.32 Å². The van der Waals surface area contributed by atoms with Gasteiger partial charge in [0, 0.05) is 12.6 Å². The molecule has 0 spiro atoms. The summed E-state index contributed by atoms with van der Waals surface area (Å²) in [6.07, 6.45) is 10.0. The van der Waals surface area contributed by atoms with Crippen molar-refractivity contribution in [3.63, 3.8) is 0 Å². The number of hydrogen-bond acceptors (Lipinski definition) is 2. The fourth-order valence-electron chi connectivity index (χ4n) is 2.98. The third kappa shape index (κ3) is 6.76. The molecule has 0 radical (unpaired) electrons. The van der Waals surface area contributed by atoms with Crippen LogP contribution in [0.1, 0.15) is 86.0 Å². The van der Waals surface area contributed by atoms with Crippen molar-refractivity contribution >= 4 is 0 Å². The molecular formula is C17H37NO. The van der Waals surface area contributed by atoms with Gasteiger partial charge < -0.3 is 10.1 Å². The second-order valence-electron chi connectivity index (χ2n) is 5.56. The Bertz CT molecular complexity index is 190. The fourth-order valence-corrected chi connectivity index (χ4v) is 2.98. The summed E-state index contributed by atoms with van der Waals surface area (Å²) in [4.78, 5) is 0. The number of ether oxygens (including phenoxy) is 1. The minimum atomic E-state index is 0.0378. The van der Waals surface area contributed by atoms with Crippen LogP contribution >= 0.6 is 0 Å². The summed E-state index contributed by atoms with van der Waals surface area (Å²) < 4.78 is 6.18. The Balaban J connectivity index is 4.55. The molecule has 116 valence electrons. The first-order chi connectivity index (χ1) is 9.20. The minimum absolute atomic E-state index is 0.0378. The van der Waals surface area contributed by atoms with Gasteiger partial charge in [0.1, 0.15) is 0 Å². The van der Waals surface area contributed by atoms with Crippen LogP contribution in [0.5, 0.6) is 0 Å². The molecule has 2 heteroatoms. The average molecular weight is 271 g/mol. The van der Waals surface area contributed by atoms with Gasteiger partial charge in [0.15, 0.2) is 0 Å². The molecule has 0 aromatic carbocycles. The predicted octanol–water partition coefficient (Wildman–Crippen LogP) is 4.92. The van der Waals surface area contributed by atoms with Crippen molar-refractivity contribution in [3.8, 4) is 0 Å². The van der Waals surface area contributed by atoms with Gasteiger partial charge in [-0.15, -0.1) is 0 Å². The zero-order chi connectivity index (χ0) is 14.6. The Hall–Kier alpha value is -0.0800. The van der Waals surface area contributed by atoms with E-state index in [4.69, 9.17) is 4.74 Å². The molecule has 0 aromatic rings. The van der Waals surface area contributed by atoms with E-state index in [0.717, 1.165) is 26.0 Å². The number of rotatable bonds is 13. The summed E-state index contributed by atoms with van der Waals surface area (Å²) in [6.45, 7) is 13.1. The van der Waals surface area contributed by atoms with Crippen LogP contribution in [0.3, 0.4) is 0 Å². The highest BCUT2D eigenvalue weighted by atomic mass is 16.5. The van der Waals surface area contributed by atoms with Crippen molar-refractivity contribution < 1.29 is 4.74 Å². The third-order valence-electron chi connectivity index (χ3n) is 4.25. The molecule has 0 aliphatic heterocycles. The van der Waals surface area contributed by atoms with Crippen LogP contribution in [0, 0.1) is 0 Å². The molecule has 0 aliphatic carbocycles. The molecule has 1 N–H and O–H groups in total. The van der Waals surface area contributed by atoms with E-state index in [1.807, 2.05) is 0 Å². The van der Waals surface area contributed by atoms with E-state index < -0.39 is 0 Å². The topological polar surface area (TPSA) is 21.3 Å². The molecule has 19 heavy (non-hydrogen) atoms. The van der Waals surface area contributed by atoms with Gasteiger partial charge >= 0.3 is 0 Å². The molecule has 0 fully saturated rings. The van der Waals surface area contributed by atoms with Gasteiger partial charge in [-0.2, -0.15) is 0 Å². The number of nitrogens with one attached hydrogen (secondary N) is 1. The molecule has 2 nitrogen and oxygen atoms in total. The Labute approximate surface area is 121 Å². The summed E-state index contributed by atoms with van der Waals surface area (Å²) in [5, 5.41) is 3.75. The van der Waals surface area contributed by atoms with E-state index in [-0.39, 0.29) is 5.60 Å². The van der Waals surface area contributed by atoms with Crippen molar-refractivity contribution in [2.75, 3.05) is 13.2 Å². The molecule has 0 amide bonds. The summed E-state index contributed by atoms with van der Waals surface area (Å²) in [6, 6.07) is 0.513. The van der Waals surface area contributed by atoms with Crippen LogP contribution in [0.15, 0.2) is 0 Å². The van der Waals surface area contributed by atoms with Crippen molar-refractivity contribution in [1.29, 1.82) is 0 Å². The Morgan fingerprint density at radius 2 is 1.58 bits per heavy atom. The molecule has 0 aliphatic rings. The lowest BCUT2D eigenvalue weighted by Crippen LogP contribution is -2.52. The number of hydrogen-bond donors (Lipinski definition) is 1. The van der Waals surface area contributed by atoms with Gasteiger partial charge in [-0.05, 0) is 39.2 Å². The maximum atomic E-state index is 6.18. The molecular weight excluding hydrogens is 234 g/mol. The molecule has 0 heterocycles. The lowest BCUT2D eigenvalue weighted by molar-refractivity contribution is -0.0741. The van der Waals surface area contributed by atoms with Gasteiger partial charge in [0.05, 0.1) is 5.60 Å². The highest BCUT2D eigenvalue weighted by Crippen LogP contribution is 2.28. The van der Waals surface area contributed by atoms with Crippen molar-refractivity contribution in [2.24, 2.45) is 0 Å². The van der Waals surface area contributed by atoms with Gasteiger partial charge in [0.25, 0.3) is 0 Å². The molecule has 0 saturated heterocycles. The van der Waals surface area contributed by atoms with Crippen LogP contribution < -0.4 is 5.32 Å². The van der Waals surface area contributed by atoms with E-state index in [9.17, 15) is 0 Å². The maximum absolute atomic E-state index is 6.18. The minimum Gasteiger partial charge on any atom is -0.374 e. The van der Waals surface area contributed by atoms with Gasteiger partial charge in [-0.3, -0.25) is 0 Å². The summed E-state index contributed by atoms with van der Waals surface area (Å²) in [5.41, 5.74) is 0.0378. The first-order valence-electron chi connectivity index (χ1n) is 8.57. The summed E-state index contributed by atoms with van der Waals surface area (Å²) >= 11 is 0. The zero-order valence-electron chi connectivity index (χ0n) is 14.1. The largest absolute Gasteiger partial charge is 0.374 e. The van der Waals surface area contributed by atoms with Crippen LogP contribution in [-0.4, -0.2) is 24.8 Å². The first-order valence-corrected chi connectivity index (χ1v) is 8.57. The summed E-state index contributed by atoms with van der Waals surface area (Å²) in [5.74, 6) is 0. The van der Waals surface area contributed by atoms with Gasteiger partial charge in [-0.25, -0.2) is 0 Å². The monoisotopic (exact) mass is 271 g/mol. The number of unbranched alkanes of at least 4 members (excludes halogenated alkanes) is 3. The molecule has 0 rings (SSSR count). The van der Waals surface area contributed by atoms with E-state index in [1.54, 1.807) is 0 Å². The second kappa shape index (κ2) is 11.7. The molecule has 1 atom stereocenters. The molecule has 0 bridgehead atoms. The van der Waals surface area contributed by atoms with Crippen molar-refractivity contribution in [2.45, 2.75) is 97.6 Å². The summed E-state index contributed by atoms with van der Waals surface area (Å²) in [7, 11) is 0. The molecule has 0 aromatic heterocycles. The SMILES string of the molecule is CCCCCCC(NCCC)C(CC)(CC)OCC. The van der Waals surface area contributed by atoms with Crippen LogP contribution in [0.4, 0.5) is 0 Å². The van der Waals surface area contributed by atoms with E-state index in [1.165, 1.54) is 38.5 Å². The first kappa shape index (κ1) is 18.9. The lowest BCUT2D eigenvalue weighted by atomic mass is 9.84. The Kier molecular flexibility index (Phi) is 11.7. The molecule has 0 saturated carbocycles.